The number of rotatable bonds is 5. The van der Waals surface area contributed by atoms with Crippen LogP contribution < -0.4 is 5.32 Å². The van der Waals surface area contributed by atoms with Crippen LogP contribution in [0.4, 0.5) is 5.69 Å². The van der Waals surface area contributed by atoms with Crippen molar-refractivity contribution in [2.75, 3.05) is 11.1 Å². The van der Waals surface area contributed by atoms with Gasteiger partial charge in [-0.2, -0.15) is 0 Å². The Morgan fingerprint density at radius 1 is 1.17 bits per heavy atom. The molecule has 0 unspecified atom stereocenters. The van der Waals surface area contributed by atoms with Crippen molar-refractivity contribution in [1.29, 1.82) is 0 Å². The molecule has 1 saturated heterocycles. The highest BCUT2D eigenvalue weighted by molar-refractivity contribution is 8.00. The molecule has 0 radical (unpaired) electrons. The van der Waals surface area contributed by atoms with Crippen LogP contribution in [0.25, 0.3) is 0 Å². The first-order valence-electron chi connectivity index (χ1n) is 9.43. The van der Waals surface area contributed by atoms with Gasteiger partial charge in [-0.3, -0.25) is 9.59 Å². The van der Waals surface area contributed by atoms with Crippen LogP contribution in [0.15, 0.2) is 65.3 Å². The number of nitrogens with zero attached hydrogens (tertiary/aromatic N) is 1. The lowest BCUT2D eigenvalue weighted by molar-refractivity contribution is -0.128. The highest BCUT2D eigenvalue weighted by atomic mass is 32.2. The molecule has 29 heavy (non-hydrogen) atoms. The summed E-state index contributed by atoms with van der Waals surface area (Å²) in [6.07, 6.45) is 1.61. The molecule has 6 heteroatoms. The lowest BCUT2D eigenvalue weighted by Gasteiger charge is -2.23. The fraction of sp³-hybridized carbons (Fsp3) is 0.217. The van der Waals surface area contributed by atoms with Crippen LogP contribution in [0.3, 0.4) is 0 Å². The smallest absolute Gasteiger partial charge is 0.255 e. The normalized spacial score (nSPS) is 16.3. The van der Waals surface area contributed by atoms with Gasteiger partial charge in [0.2, 0.25) is 5.91 Å². The summed E-state index contributed by atoms with van der Waals surface area (Å²) < 4.78 is 5.40. The highest BCUT2D eigenvalue weighted by Crippen LogP contribution is 2.39. The molecule has 0 bridgehead atoms. The van der Waals surface area contributed by atoms with E-state index in [4.69, 9.17) is 4.42 Å². The lowest BCUT2D eigenvalue weighted by atomic mass is 10.1. The number of amides is 2. The molecule has 0 aliphatic carbocycles. The van der Waals surface area contributed by atoms with Gasteiger partial charge in [0, 0.05) is 11.3 Å². The molecule has 1 fully saturated rings. The maximum Gasteiger partial charge on any atom is 0.255 e. The molecule has 1 aromatic heterocycles. The van der Waals surface area contributed by atoms with Gasteiger partial charge in [0.05, 0.1) is 18.6 Å². The van der Waals surface area contributed by atoms with Crippen LogP contribution in [0, 0.1) is 13.8 Å². The monoisotopic (exact) mass is 406 g/mol. The van der Waals surface area contributed by atoms with Gasteiger partial charge in [-0.1, -0.05) is 29.8 Å². The van der Waals surface area contributed by atoms with Crippen LogP contribution >= 0.6 is 11.8 Å². The molecule has 0 saturated carbocycles. The molecule has 4 rings (SSSR count). The third-order valence-corrected chi connectivity index (χ3v) is 6.22. The third kappa shape index (κ3) is 4.22. The van der Waals surface area contributed by atoms with Gasteiger partial charge in [0.1, 0.15) is 11.1 Å². The van der Waals surface area contributed by atoms with Crippen LogP contribution in [0.2, 0.25) is 0 Å². The maximum atomic E-state index is 12.6. The summed E-state index contributed by atoms with van der Waals surface area (Å²) >= 11 is 1.59. The fourth-order valence-electron chi connectivity index (χ4n) is 3.42. The number of anilines is 1. The number of benzene rings is 2. The van der Waals surface area contributed by atoms with Gasteiger partial charge < -0.3 is 14.6 Å². The summed E-state index contributed by atoms with van der Waals surface area (Å²) in [5, 5.41) is 2.89. The second kappa shape index (κ2) is 8.17. The van der Waals surface area contributed by atoms with Gasteiger partial charge in [0.15, 0.2) is 0 Å². The number of hydrogen-bond donors (Lipinski definition) is 1. The Kier molecular flexibility index (Phi) is 5.45. The third-order valence-electron chi connectivity index (χ3n) is 4.96. The van der Waals surface area contributed by atoms with Gasteiger partial charge in [-0.15, -0.1) is 11.8 Å². The van der Waals surface area contributed by atoms with E-state index in [2.05, 4.69) is 5.32 Å². The molecular weight excluding hydrogens is 384 g/mol. The second-order valence-corrected chi connectivity index (χ2v) is 8.23. The summed E-state index contributed by atoms with van der Waals surface area (Å²) in [4.78, 5) is 26.8. The standard InChI is InChI=1S/C23H22N2O3S/c1-15-5-10-20(16(2)12-15)24-22(27)17-6-8-18(9-7-17)23-25(21(26)14-29-23)13-19-4-3-11-28-19/h3-12,23H,13-14H2,1-2H3,(H,24,27)/t23-/m0/s1. The Bertz CT molecular complexity index is 1030. The Balaban J connectivity index is 1.48. The Morgan fingerprint density at radius 2 is 1.97 bits per heavy atom. The molecule has 2 aromatic carbocycles. The van der Waals surface area contributed by atoms with Crippen molar-refractivity contribution in [3.8, 4) is 0 Å². The number of furan rings is 1. The second-order valence-electron chi connectivity index (χ2n) is 7.16. The Morgan fingerprint density at radius 3 is 2.66 bits per heavy atom. The van der Waals surface area contributed by atoms with E-state index in [1.54, 1.807) is 18.0 Å². The zero-order valence-corrected chi connectivity index (χ0v) is 17.2. The molecule has 1 atom stereocenters. The van der Waals surface area contributed by atoms with E-state index >= 15 is 0 Å². The summed E-state index contributed by atoms with van der Waals surface area (Å²) in [7, 11) is 0. The lowest BCUT2D eigenvalue weighted by Crippen LogP contribution is -2.27. The number of thioether (sulfide) groups is 1. The fourth-order valence-corrected chi connectivity index (χ4v) is 4.61. The summed E-state index contributed by atoms with van der Waals surface area (Å²) in [6, 6.07) is 17.1. The molecule has 1 N–H and O–H groups in total. The average Bonchev–Trinajstić information content (AvgIpc) is 3.35. The minimum atomic E-state index is -0.147. The molecule has 2 heterocycles. The number of carbonyl (C=O) groups excluding carboxylic acids is 2. The van der Waals surface area contributed by atoms with E-state index in [0.717, 1.165) is 28.1 Å². The van der Waals surface area contributed by atoms with E-state index in [0.29, 0.717) is 17.9 Å². The molecule has 3 aromatic rings. The van der Waals surface area contributed by atoms with Crippen molar-refractivity contribution in [2.45, 2.75) is 25.8 Å². The van der Waals surface area contributed by atoms with Crippen LogP contribution in [-0.4, -0.2) is 22.5 Å². The minimum Gasteiger partial charge on any atom is -0.467 e. The zero-order chi connectivity index (χ0) is 20.4. The van der Waals surface area contributed by atoms with E-state index in [1.807, 2.05) is 73.3 Å². The first-order valence-corrected chi connectivity index (χ1v) is 10.5. The van der Waals surface area contributed by atoms with Crippen LogP contribution in [-0.2, 0) is 11.3 Å². The quantitative estimate of drug-likeness (QED) is 0.653. The van der Waals surface area contributed by atoms with Crippen molar-refractivity contribution in [2.24, 2.45) is 0 Å². The van der Waals surface area contributed by atoms with Crippen molar-refractivity contribution >= 4 is 29.3 Å². The van der Waals surface area contributed by atoms with E-state index in [-0.39, 0.29) is 17.2 Å². The van der Waals surface area contributed by atoms with E-state index in [1.165, 1.54) is 0 Å². The Labute approximate surface area is 174 Å². The Hall–Kier alpha value is -2.99. The highest BCUT2D eigenvalue weighted by Gasteiger charge is 2.33. The predicted molar refractivity (Wildman–Crippen MR) is 115 cm³/mol. The molecule has 148 valence electrons. The van der Waals surface area contributed by atoms with Crippen LogP contribution in [0.5, 0.6) is 0 Å². The van der Waals surface area contributed by atoms with Gasteiger partial charge in [-0.25, -0.2) is 0 Å². The largest absolute Gasteiger partial charge is 0.467 e. The average molecular weight is 407 g/mol. The number of aryl methyl sites for hydroxylation is 2. The van der Waals surface area contributed by atoms with Crippen molar-refractivity contribution < 1.29 is 14.0 Å². The number of carbonyl (C=O) groups is 2. The first kappa shape index (κ1) is 19.3. The molecular formula is C23H22N2O3S. The van der Waals surface area contributed by atoms with Gasteiger partial charge >= 0.3 is 0 Å². The van der Waals surface area contributed by atoms with E-state index in [9.17, 15) is 9.59 Å². The molecule has 1 aliphatic rings. The predicted octanol–water partition coefficient (Wildman–Crippen LogP) is 4.92. The van der Waals surface area contributed by atoms with Gasteiger partial charge in [-0.05, 0) is 55.3 Å². The van der Waals surface area contributed by atoms with E-state index < -0.39 is 0 Å². The molecule has 1 aliphatic heterocycles. The first-order chi connectivity index (χ1) is 14.0. The maximum absolute atomic E-state index is 12.6. The minimum absolute atomic E-state index is 0.0796. The topological polar surface area (TPSA) is 62.6 Å². The summed E-state index contributed by atoms with van der Waals surface area (Å²) in [5.41, 5.74) is 4.58. The molecule has 2 amide bonds. The van der Waals surface area contributed by atoms with Crippen molar-refractivity contribution in [3.05, 3.63) is 88.9 Å². The van der Waals surface area contributed by atoms with Crippen molar-refractivity contribution in [3.63, 3.8) is 0 Å². The molecule has 5 nitrogen and oxygen atoms in total. The zero-order valence-electron chi connectivity index (χ0n) is 16.3. The number of nitrogens with one attached hydrogen (secondary N) is 1. The van der Waals surface area contributed by atoms with Crippen molar-refractivity contribution in [1.82, 2.24) is 4.90 Å². The number of hydrogen-bond acceptors (Lipinski definition) is 4. The summed E-state index contributed by atoms with van der Waals surface area (Å²) in [5.74, 6) is 1.15. The SMILES string of the molecule is Cc1ccc(NC(=O)c2ccc([C@@H]3SCC(=O)N3Cc3ccco3)cc2)c(C)c1. The summed E-state index contributed by atoms with van der Waals surface area (Å²) in [6.45, 7) is 4.45. The van der Waals surface area contributed by atoms with Gasteiger partial charge in [0.25, 0.3) is 5.91 Å². The van der Waals surface area contributed by atoms with Crippen LogP contribution in [0.1, 0.15) is 38.2 Å². The molecule has 0 spiro atoms.